The highest BCUT2D eigenvalue weighted by Gasteiger charge is 2.30. The Kier molecular flexibility index (Phi) is 5.29. The van der Waals surface area contributed by atoms with Crippen LogP contribution in [-0.4, -0.2) is 26.7 Å². The molecule has 6 heteroatoms. The third-order valence-corrected chi connectivity index (χ3v) is 7.54. The molecule has 3 rings (SSSR count). The number of nitrogens with two attached hydrogens (primary N) is 1. The molecule has 1 saturated heterocycles. The van der Waals surface area contributed by atoms with Gasteiger partial charge in [-0.05, 0) is 32.1 Å². The fourth-order valence-electron chi connectivity index (χ4n) is 3.18. The minimum Gasteiger partial charge on any atom is -0.308 e. The average Bonchev–Trinajstić information content (AvgIpc) is 2.79. The second-order valence-electron chi connectivity index (χ2n) is 5.67. The fraction of sp³-hybridized carbons (Fsp3) is 0.733. The van der Waals surface area contributed by atoms with Crippen LogP contribution in [0.4, 0.5) is 5.82 Å². The molecule has 1 fully saturated rings. The summed E-state index contributed by atoms with van der Waals surface area (Å²) in [6.45, 7) is 2.27. The van der Waals surface area contributed by atoms with Gasteiger partial charge in [0, 0.05) is 28.0 Å². The molecule has 1 aromatic heterocycles. The van der Waals surface area contributed by atoms with Crippen molar-refractivity contribution in [1.29, 1.82) is 0 Å². The molecule has 2 aliphatic rings. The number of fused-ring (bicyclic) bond motifs is 1. The van der Waals surface area contributed by atoms with E-state index in [-0.39, 0.29) is 0 Å². The number of thioether (sulfide) groups is 2. The normalized spacial score (nSPS) is 26.0. The lowest BCUT2D eigenvalue weighted by Gasteiger charge is -2.29. The molecule has 1 aromatic rings. The van der Waals surface area contributed by atoms with E-state index < -0.39 is 0 Å². The first-order chi connectivity index (χ1) is 10.3. The highest BCUT2D eigenvalue weighted by Crippen LogP contribution is 2.43. The molecule has 2 atom stereocenters. The van der Waals surface area contributed by atoms with Gasteiger partial charge in [0.05, 0.1) is 5.25 Å². The van der Waals surface area contributed by atoms with E-state index in [0.29, 0.717) is 10.5 Å². The predicted molar refractivity (Wildman–Crippen MR) is 92.8 cm³/mol. The Morgan fingerprint density at radius 3 is 2.76 bits per heavy atom. The molecular formula is C15H24N4S2. The van der Waals surface area contributed by atoms with Gasteiger partial charge in [-0.1, -0.05) is 13.3 Å². The third kappa shape index (κ3) is 3.32. The van der Waals surface area contributed by atoms with Gasteiger partial charge in [-0.2, -0.15) is 11.8 Å². The van der Waals surface area contributed by atoms with E-state index in [1.807, 2.05) is 11.8 Å². The number of nitrogens with one attached hydrogen (secondary N) is 1. The highest BCUT2D eigenvalue weighted by atomic mass is 32.2. The minimum atomic E-state index is 0.411. The van der Waals surface area contributed by atoms with E-state index >= 15 is 0 Å². The molecule has 116 valence electrons. The van der Waals surface area contributed by atoms with Gasteiger partial charge < -0.3 is 5.43 Å². The second kappa shape index (κ2) is 7.20. The maximum atomic E-state index is 5.74. The first-order valence-electron chi connectivity index (χ1n) is 7.93. The second-order valence-corrected chi connectivity index (χ2v) is 8.27. The average molecular weight is 325 g/mol. The molecule has 2 unspecified atom stereocenters. The molecule has 0 amide bonds. The van der Waals surface area contributed by atoms with Crippen LogP contribution >= 0.6 is 23.5 Å². The molecule has 0 bridgehead atoms. The van der Waals surface area contributed by atoms with Crippen molar-refractivity contribution in [3.05, 3.63) is 17.1 Å². The van der Waals surface area contributed by atoms with E-state index in [9.17, 15) is 0 Å². The van der Waals surface area contributed by atoms with Gasteiger partial charge in [-0.3, -0.25) is 0 Å². The molecular weight excluding hydrogens is 300 g/mol. The van der Waals surface area contributed by atoms with Gasteiger partial charge in [0.15, 0.2) is 0 Å². The van der Waals surface area contributed by atoms with Gasteiger partial charge in [0.1, 0.15) is 11.6 Å². The summed E-state index contributed by atoms with van der Waals surface area (Å²) in [6.07, 6.45) is 7.03. The molecule has 0 radical (unpaired) electrons. The SMILES string of the molecule is CCC1SCCSC1c1nc2c(c(NN)n1)CCCCC2. The molecule has 3 N–H and O–H groups in total. The number of anilines is 1. The Morgan fingerprint density at radius 1 is 1.14 bits per heavy atom. The number of hydrazine groups is 1. The third-order valence-electron chi connectivity index (χ3n) is 4.29. The van der Waals surface area contributed by atoms with E-state index in [4.69, 9.17) is 15.8 Å². The Bertz CT molecular complexity index is 495. The number of nitrogens with zero attached hydrogens (tertiary/aromatic N) is 2. The number of hydrogen-bond acceptors (Lipinski definition) is 6. The number of aryl methyl sites for hydroxylation is 1. The van der Waals surface area contributed by atoms with Crippen molar-refractivity contribution in [3.63, 3.8) is 0 Å². The summed E-state index contributed by atoms with van der Waals surface area (Å²) in [6, 6.07) is 0. The summed E-state index contributed by atoms with van der Waals surface area (Å²) in [7, 11) is 0. The first kappa shape index (κ1) is 15.4. The molecule has 21 heavy (non-hydrogen) atoms. The van der Waals surface area contributed by atoms with Gasteiger partial charge in [0.2, 0.25) is 0 Å². The van der Waals surface area contributed by atoms with Crippen LogP contribution in [0.5, 0.6) is 0 Å². The van der Waals surface area contributed by atoms with Gasteiger partial charge >= 0.3 is 0 Å². The summed E-state index contributed by atoms with van der Waals surface area (Å²) in [5, 5.41) is 1.03. The van der Waals surface area contributed by atoms with Crippen LogP contribution in [0.25, 0.3) is 0 Å². The van der Waals surface area contributed by atoms with E-state index in [2.05, 4.69) is 24.1 Å². The first-order valence-corrected chi connectivity index (χ1v) is 10.0. The van der Waals surface area contributed by atoms with Crippen molar-refractivity contribution in [2.24, 2.45) is 5.84 Å². The maximum absolute atomic E-state index is 5.74. The van der Waals surface area contributed by atoms with Crippen molar-refractivity contribution in [2.75, 3.05) is 16.9 Å². The van der Waals surface area contributed by atoms with Crippen LogP contribution in [0.2, 0.25) is 0 Å². The molecule has 2 heterocycles. The van der Waals surface area contributed by atoms with Crippen molar-refractivity contribution in [1.82, 2.24) is 9.97 Å². The van der Waals surface area contributed by atoms with Crippen LogP contribution in [0.3, 0.4) is 0 Å². The predicted octanol–water partition coefficient (Wildman–Crippen LogP) is 3.33. The van der Waals surface area contributed by atoms with E-state index in [1.165, 1.54) is 48.4 Å². The van der Waals surface area contributed by atoms with Gasteiger partial charge in [-0.15, -0.1) is 11.8 Å². The van der Waals surface area contributed by atoms with Crippen LogP contribution in [0, 0.1) is 0 Å². The Morgan fingerprint density at radius 2 is 1.95 bits per heavy atom. The van der Waals surface area contributed by atoms with Crippen LogP contribution < -0.4 is 11.3 Å². The zero-order valence-corrected chi connectivity index (χ0v) is 14.2. The minimum absolute atomic E-state index is 0.411. The van der Waals surface area contributed by atoms with E-state index in [0.717, 1.165) is 24.5 Å². The molecule has 4 nitrogen and oxygen atoms in total. The van der Waals surface area contributed by atoms with Crippen molar-refractivity contribution < 1.29 is 0 Å². The summed E-state index contributed by atoms with van der Waals surface area (Å²) < 4.78 is 0. The quantitative estimate of drug-likeness (QED) is 0.505. The summed E-state index contributed by atoms with van der Waals surface area (Å²) >= 11 is 4.08. The van der Waals surface area contributed by atoms with Crippen LogP contribution in [0.15, 0.2) is 0 Å². The van der Waals surface area contributed by atoms with Crippen molar-refractivity contribution in [3.8, 4) is 0 Å². The summed E-state index contributed by atoms with van der Waals surface area (Å²) in [4.78, 5) is 9.75. The highest BCUT2D eigenvalue weighted by molar-refractivity contribution is 8.06. The van der Waals surface area contributed by atoms with Crippen LogP contribution in [0.1, 0.15) is 54.9 Å². The Labute approximate surface area is 135 Å². The molecule has 0 spiro atoms. The zero-order chi connectivity index (χ0) is 14.7. The Balaban J connectivity index is 1.96. The summed E-state index contributed by atoms with van der Waals surface area (Å²) in [5.41, 5.74) is 5.31. The Hall–Kier alpha value is -0.460. The maximum Gasteiger partial charge on any atom is 0.147 e. The van der Waals surface area contributed by atoms with Crippen molar-refractivity contribution >= 4 is 29.3 Å². The standard InChI is InChI=1S/C15H24N4S2/c1-2-12-13(21-9-8-20-12)15-17-11-7-5-3-4-6-10(11)14(18-15)19-16/h12-13H,2-9,16H2,1H3,(H,17,18,19). The molecule has 0 saturated carbocycles. The number of rotatable bonds is 3. The largest absolute Gasteiger partial charge is 0.308 e. The van der Waals surface area contributed by atoms with Crippen molar-refractivity contribution in [2.45, 2.75) is 55.9 Å². The summed E-state index contributed by atoms with van der Waals surface area (Å²) in [5.74, 6) is 10.0. The molecule has 0 aromatic carbocycles. The fourth-order valence-corrected chi connectivity index (χ4v) is 6.17. The van der Waals surface area contributed by atoms with Gasteiger partial charge in [0.25, 0.3) is 0 Å². The van der Waals surface area contributed by atoms with E-state index in [1.54, 1.807) is 0 Å². The lowest BCUT2D eigenvalue weighted by atomic mass is 10.1. The lowest BCUT2D eigenvalue weighted by Crippen LogP contribution is -2.23. The topological polar surface area (TPSA) is 63.8 Å². The smallest absolute Gasteiger partial charge is 0.147 e. The number of aromatic nitrogens is 2. The zero-order valence-electron chi connectivity index (χ0n) is 12.6. The number of hydrogen-bond donors (Lipinski definition) is 2. The monoisotopic (exact) mass is 324 g/mol. The lowest BCUT2D eigenvalue weighted by molar-refractivity contribution is 0.705. The molecule has 1 aliphatic carbocycles. The number of nitrogen functional groups attached to an aromatic ring is 1. The van der Waals surface area contributed by atoms with Crippen LogP contribution in [-0.2, 0) is 12.8 Å². The van der Waals surface area contributed by atoms with Gasteiger partial charge in [-0.25, -0.2) is 15.8 Å². The molecule has 1 aliphatic heterocycles.